The number of fused-ring (bicyclic) bond motifs is 2. The maximum absolute atomic E-state index is 13.4. The lowest BCUT2D eigenvalue weighted by Crippen LogP contribution is -2.31. The zero-order chi connectivity index (χ0) is 22.2. The highest BCUT2D eigenvalue weighted by Crippen LogP contribution is 2.44. The Hall–Kier alpha value is -2.73. The molecule has 5 rings (SSSR count). The summed E-state index contributed by atoms with van der Waals surface area (Å²) in [5.41, 5.74) is 2.83. The highest BCUT2D eigenvalue weighted by Gasteiger charge is 2.27. The van der Waals surface area contributed by atoms with E-state index in [1.54, 1.807) is 13.2 Å². The van der Waals surface area contributed by atoms with E-state index < -0.39 is 0 Å². The van der Waals surface area contributed by atoms with Crippen LogP contribution in [0, 0.1) is 0 Å². The number of carbonyl (C=O) groups excluding carboxylic acids is 1. The largest absolute Gasteiger partial charge is 0.494 e. The van der Waals surface area contributed by atoms with Crippen molar-refractivity contribution < 1.29 is 14.3 Å². The first-order valence-corrected chi connectivity index (χ1v) is 11.7. The van der Waals surface area contributed by atoms with Gasteiger partial charge in [0.05, 0.1) is 19.8 Å². The van der Waals surface area contributed by atoms with Crippen molar-refractivity contribution in [3.05, 3.63) is 81.1 Å². The Balaban J connectivity index is 1.56. The molecule has 0 radical (unpaired) electrons. The van der Waals surface area contributed by atoms with Crippen molar-refractivity contribution in [1.82, 2.24) is 5.32 Å². The van der Waals surface area contributed by atoms with Gasteiger partial charge in [0.25, 0.3) is 5.91 Å². The number of ether oxygens (including phenoxy) is 2. The predicted octanol–water partition coefficient (Wildman–Crippen LogP) is 7.14. The third-order valence-electron chi connectivity index (χ3n) is 5.52. The van der Waals surface area contributed by atoms with E-state index in [0.717, 1.165) is 32.5 Å². The van der Waals surface area contributed by atoms with E-state index in [2.05, 4.69) is 5.32 Å². The van der Waals surface area contributed by atoms with Gasteiger partial charge < -0.3 is 14.8 Å². The Morgan fingerprint density at radius 2 is 1.88 bits per heavy atom. The molecule has 32 heavy (non-hydrogen) atoms. The molecule has 0 bridgehead atoms. The first-order chi connectivity index (χ1) is 15.5. The first-order valence-electron chi connectivity index (χ1n) is 10.1. The summed E-state index contributed by atoms with van der Waals surface area (Å²) in [5, 5.41) is 5.17. The number of hydrogen-bond donors (Lipinski definition) is 1. The van der Waals surface area contributed by atoms with Crippen LogP contribution in [-0.2, 0) is 0 Å². The van der Waals surface area contributed by atoms with Crippen LogP contribution in [0.1, 0.15) is 27.7 Å². The third-order valence-corrected chi connectivity index (χ3v) is 7.17. The molecule has 3 aromatic carbocycles. The molecular formula is C25H19Cl2NO3S. The van der Waals surface area contributed by atoms with E-state index in [0.29, 0.717) is 33.7 Å². The molecule has 0 aliphatic carbocycles. The molecule has 0 saturated heterocycles. The number of halogens is 2. The number of benzene rings is 3. The molecule has 4 nitrogen and oxygen atoms in total. The van der Waals surface area contributed by atoms with Crippen LogP contribution in [0.25, 0.3) is 21.2 Å². The van der Waals surface area contributed by atoms with Crippen molar-refractivity contribution in [3.63, 3.8) is 0 Å². The van der Waals surface area contributed by atoms with Crippen LogP contribution >= 0.6 is 34.5 Å². The summed E-state index contributed by atoms with van der Waals surface area (Å²) in [5.74, 6) is 1.21. The Bertz CT molecular complexity index is 1310. The average Bonchev–Trinajstić information content (AvgIpc) is 3.17. The summed E-state index contributed by atoms with van der Waals surface area (Å²) in [7, 11) is 1.59. The molecule has 0 saturated carbocycles. The summed E-state index contributed by atoms with van der Waals surface area (Å²) in [4.78, 5) is 13.9. The molecule has 1 N–H and O–H groups in total. The van der Waals surface area contributed by atoms with Crippen molar-refractivity contribution in [3.8, 4) is 22.6 Å². The normalized spacial score (nSPS) is 15.2. The van der Waals surface area contributed by atoms with E-state index >= 15 is 0 Å². The van der Waals surface area contributed by atoms with Crippen LogP contribution in [-0.4, -0.2) is 19.6 Å². The van der Waals surface area contributed by atoms with Gasteiger partial charge in [0.2, 0.25) is 0 Å². The fourth-order valence-corrected chi connectivity index (χ4v) is 5.84. The fraction of sp³-hybridized carbons (Fsp3) is 0.160. The third kappa shape index (κ3) is 3.81. The molecule has 1 aliphatic heterocycles. The number of hydrogen-bond acceptors (Lipinski definition) is 4. The molecule has 1 amide bonds. The van der Waals surface area contributed by atoms with Gasteiger partial charge in [-0.2, -0.15) is 0 Å². The molecule has 0 fully saturated rings. The van der Waals surface area contributed by atoms with E-state index in [1.807, 2.05) is 54.6 Å². The summed E-state index contributed by atoms with van der Waals surface area (Å²) in [6, 6.07) is 19.0. The van der Waals surface area contributed by atoms with Gasteiger partial charge in [-0.1, -0.05) is 53.5 Å². The smallest absolute Gasteiger partial charge is 0.265 e. The van der Waals surface area contributed by atoms with Gasteiger partial charge in [0, 0.05) is 32.1 Å². The number of rotatable bonds is 4. The van der Waals surface area contributed by atoms with E-state index in [9.17, 15) is 4.79 Å². The quantitative estimate of drug-likeness (QED) is 0.335. The number of nitrogens with one attached hydrogen (secondary N) is 1. The second-order valence-electron chi connectivity index (χ2n) is 7.51. The Labute approximate surface area is 199 Å². The van der Waals surface area contributed by atoms with Crippen LogP contribution in [0.3, 0.4) is 0 Å². The summed E-state index contributed by atoms with van der Waals surface area (Å²) < 4.78 is 12.4. The second kappa shape index (κ2) is 8.66. The minimum absolute atomic E-state index is 0.117. The van der Waals surface area contributed by atoms with Gasteiger partial charge in [-0.05, 0) is 41.5 Å². The molecule has 4 aromatic rings. The van der Waals surface area contributed by atoms with Gasteiger partial charge in [-0.25, -0.2) is 0 Å². The predicted molar refractivity (Wildman–Crippen MR) is 131 cm³/mol. The molecule has 1 atom stereocenters. The lowest BCUT2D eigenvalue weighted by Gasteiger charge is -2.26. The van der Waals surface area contributed by atoms with E-state index in [4.69, 9.17) is 32.7 Å². The van der Waals surface area contributed by atoms with Crippen LogP contribution in [0.4, 0.5) is 0 Å². The SMILES string of the molecule is COc1c(C(=O)NC2CCOc3ccccc32)sc2c(-c3cc(Cl)cc(Cl)c3)cccc12. The highest BCUT2D eigenvalue weighted by atomic mass is 35.5. The van der Waals surface area contributed by atoms with Crippen molar-refractivity contribution in [1.29, 1.82) is 0 Å². The maximum Gasteiger partial charge on any atom is 0.265 e. The fourth-order valence-electron chi connectivity index (χ4n) is 4.10. The van der Waals surface area contributed by atoms with Crippen molar-refractivity contribution >= 4 is 50.5 Å². The Kier molecular flexibility index (Phi) is 5.72. The topological polar surface area (TPSA) is 47.6 Å². The monoisotopic (exact) mass is 483 g/mol. The van der Waals surface area contributed by atoms with Gasteiger partial charge in [0.15, 0.2) is 0 Å². The van der Waals surface area contributed by atoms with Crippen molar-refractivity contribution in [2.75, 3.05) is 13.7 Å². The minimum Gasteiger partial charge on any atom is -0.494 e. The summed E-state index contributed by atoms with van der Waals surface area (Å²) >= 11 is 13.9. The number of thiophene rings is 1. The molecule has 1 aromatic heterocycles. The molecule has 0 spiro atoms. The molecule has 7 heteroatoms. The molecule has 1 aliphatic rings. The van der Waals surface area contributed by atoms with Crippen LogP contribution in [0.5, 0.6) is 11.5 Å². The van der Waals surface area contributed by atoms with E-state index in [-0.39, 0.29) is 11.9 Å². The second-order valence-corrected chi connectivity index (χ2v) is 9.40. The zero-order valence-corrected chi connectivity index (χ0v) is 19.5. The zero-order valence-electron chi connectivity index (χ0n) is 17.2. The van der Waals surface area contributed by atoms with Crippen molar-refractivity contribution in [2.45, 2.75) is 12.5 Å². The summed E-state index contributed by atoms with van der Waals surface area (Å²) in [6.07, 6.45) is 0.711. The minimum atomic E-state index is -0.167. The molecule has 2 heterocycles. The standard InChI is InChI=1S/C25H19Cl2NO3S/c1-30-22-19-7-4-6-17(14-11-15(26)13-16(27)12-14)23(19)32-24(22)25(29)28-20-9-10-31-21-8-3-2-5-18(20)21/h2-8,11-13,20H,9-10H2,1H3,(H,28,29). The first kappa shape index (κ1) is 21.1. The number of methoxy groups -OCH3 is 1. The Morgan fingerprint density at radius 1 is 1.09 bits per heavy atom. The lowest BCUT2D eigenvalue weighted by molar-refractivity contribution is 0.0926. The average molecular weight is 484 g/mol. The van der Waals surface area contributed by atoms with Crippen LogP contribution < -0.4 is 14.8 Å². The lowest BCUT2D eigenvalue weighted by atomic mass is 10.0. The van der Waals surface area contributed by atoms with Crippen LogP contribution in [0.2, 0.25) is 10.0 Å². The number of carbonyl (C=O) groups is 1. The summed E-state index contributed by atoms with van der Waals surface area (Å²) in [6.45, 7) is 0.561. The highest BCUT2D eigenvalue weighted by molar-refractivity contribution is 7.21. The Morgan fingerprint density at radius 3 is 2.66 bits per heavy atom. The van der Waals surface area contributed by atoms with Gasteiger partial charge in [-0.3, -0.25) is 4.79 Å². The molecular weight excluding hydrogens is 465 g/mol. The number of amides is 1. The van der Waals surface area contributed by atoms with Gasteiger partial charge >= 0.3 is 0 Å². The molecule has 1 unspecified atom stereocenters. The van der Waals surface area contributed by atoms with Crippen molar-refractivity contribution in [2.24, 2.45) is 0 Å². The van der Waals surface area contributed by atoms with Gasteiger partial charge in [0.1, 0.15) is 16.4 Å². The van der Waals surface area contributed by atoms with E-state index in [1.165, 1.54) is 11.3 Å². The maximum atomic E-state index is 13.4. The molecule has 162 valence electrons. The number of para-hydroxylation sites is 1. The van der Waals surface area contributed by atoms with Crippen LogP contribution in [0.15, 0.2) is 60.7 Å². The van der Waals surface area contributed by atoms with Gasteiger partial charge in [-0.15, -0.1) is 11.3 Å².